The van der Waals surface area contributed by atoms with E-state index in [0.29, 0.717) is 13.2 Å². The summed E-state index contributed by atoms with van der Waals surface area (Å²) in [5.41, 5.74) is 0. The highest BCUT2D eigenvalue weighted by atomic mass is 16.7. The molecule has 0 unspecified atom stereocenters. The van der Waals surface area contributed by atoms with E-state index in [1.807, 2.05) is 0 Å². The lowest BCUT2D eigenvalue weighted by Crippen LogP contribution is -2.13. The van der Waals surface area contributed by atoms with E-state index < -0.39 is 6.16 Å². The first-order chi connectivity index (χ1) is 10.8. The van der Waals surface area contributed by atoms with Crippen LogP contribution in [0.4, 0.5) is 4.79 Å². The maximum absolute atomic E-state index is 11.5. The Morgan fingerprint density at radius 1 is 0.682 bits per heavy atom. The normalized spacial score (nSPS) is 20.7. The Bertz CT molecular complexity index is 263. The molecule has 0 heterocycles. The van der Waals surface area contributed by atoms with Crippen molar-refractivity contribution < 1.29 is 14.3 Å². The number of hydrogen-bond acceptors (Lipinski definition) is 3. The van der Waals surface area contributed by atoms with Crippen molar-refractivity contribution in [1.82, 2.24) is 0 Å². The predicted octanol–water partition coefficient (Wildman–Crippen LogP) is 5.86. The molecule has 2 aliphatic rings. The Morgan fingerprint density at radius 2 is 1.09 bits per heavy atom. The van der Waals surface area contributed by atoms with E-state index in [2.05, 4.69) is 0 Å². The minimum Gasteiger partial charge on any atom is -0.434 e. The molecule has 3 heteroatoms. The van der Waals surface area contributed by atoms with Gasteiger partial charge in [0, 0.05) is 0 Å². The average molecular weight is 310 g/mol. The van der Waals surface area contributed by atoms with Gasteiger partial charge in [-0.05, 0) is 37.5 Å². The second-order valence-electron chi connectivity index (χ2n) is 7.24. The third kappa shape index (κ3) is 7.51. The summed E-state index contributed by atoms with van der Waals surface area (Å²) in [6.07, 6.45) is 17.7. The Morgan fingerprint density at radius 3 is 1.50 bits per heavy atom. The topological polar surface area (TPSA) is 35.5 Å². The molecule has 0 atom stereocenters. The molecule has 0 bridgehead atoms. The van der Waals surface area contributed by atoms with Gasteiger partial charge in [-0.2, -0.15) is 0 Å². The Balaban J connectivity index is 1.39. The quantitative estimate of drug-likeness (QED) is 0.416. The maximum atomic E-state index is 11.5. The number of hydrogen-bond donors (Lipinski definition) is 0. The van der Waals surface area contributed by atoms with Gasteiger partial charge in [-0.25, -0.2) is 4.79 Å². The molecule has 3 nitrogen and oxygen atoms in total. The molecule has 0 aromatic heterocycles. The molecule has 0 saturated heterocycles. The zero-order chi connectivity index (χ0) is 15.5. The van der Waals surface area contributed by atoms with Gasteiger partial charge in [0.2, 0.25) is 0 Å². The summed E-state index contributed by atoms with van der Waals surface area (Å²) >= 11 is 0. The van der Waals surface area contributed by atoms with Gasteiger partial charge < -0.3 is 9.47 Å². The van der Waals surface area contributed by atoms with E-state index in [0.717, 1.165) is 24.7 Å². The van der Waals surface area contributed by atoms with Crippen molar-refractivity contribution in [3.8, 4) is 0 Å². The second-order valence-corrected chi connectivity index (χ2v) is 7.24. The average Bonchev–Trinajstić information content (AvgIpc) is 2.57. The van der Waals surface area contributed by atoms with Crippen LogP contribution in [-0.4, -0.2) is 19.4 Å². The smallest absolute Gasteiger partial charge is 0.434 e. The molecule has 2 aliphatic carbocycles. The van der Waals surface area contributed by atoms with Crippen LogP contribution in [0, 0.1) is 11.8 Å². The van der Waals surface area contributed by atoms with Crippen molar-refractivity contribution in [1.29, 1.82) is 0 Å². The van der Waals surface area contributed by atoms with Crippen LogP contribution >= 0.6 is 0 Å². The van der Waals surface area contributed by atoms with Crippen LogP contribution in [0.3, 0.4) is 0 Å². The fourth-order valence-electron chi connectivity index (χ4n) is 4.05. The third-order valence-electron chi connectivity index (χ3n) is 5.40. The molecule has 0 aliphatic heterocycles. The van der Waals surface area contributed by atoms with Crippen molar-refractivity contribution in [2.24, 2.45) is 11.8 Å². The van der Waals surface area contributed by atoms with Crippen LogP contribution in [0.5, 0.6) is 0 Å². The molecule has 2 rings (SSSR count). The molecular formula is C19H34O3. The van der Waals surface area contributed by atoms with Crippen molar-refractivity contribution in [2.75, 3.05) is 13.2 Å². The zero-order valence-corrected chi connectivity index (χ0v) is 14.2. The first-order valence-electron chi connectivity index (χ1n) is 9.64. The first kappa shape index (κ1) is 17.6. The molecule has 22 heavy (non-hydrogen) atoms. The number of rotatable bonds is 8. The van der Waals surface area contributed by atoms with E-state index in [1.165, 1.54) is 77.0 Å². The lowest BCUT2D eigenvalue weighted by atomic mass is 9.86. The molecule has 0 aromatic carbocycles. The second kappa shape index (κ2) is 10.9. The number of carbonyl (C=O) groups is 1. The molecular weight excluding hydrogens is 276 g/mol. The van der Waals surface area contributed by atoms with Crippen molar-refractivity contribution >= 4 is 6.16 Å². The van der Waals surface area contributed by atoms with Crippen molar-refractivity contribution in [3.05, 3.63) is 0 Å². The standard InChI is InChI=1S/C19H34O3/c20-19(21-15-7-13-17-9-3-1-4-10-17)22-16-8-14-18-11-5-2-6-12-18/h17-18H,1-16H2. The Labute approximate surface area is 136 Å². The van der Waals surface area contributed by atoms with Crippen LogP contribution in [-0.2, 0) is 9.47 Å². The fourth-order valence-corrected chi connectivity index (χ4v) is 4.05. The lowest BCUT2D eigenvalue weighted by Gasteiger charge is -2.21. The molecule has 0 aromatic rings. The summed E-state index contributed by atoms with van der Waals surface area (Å²) in [7, 11) is 0. The predicted molar refractivity (Wildman–Crippen MR) is 88.9 cm³/mol. The monoisotopic (exact) mass is 310 g/mol. The molecule has 128 valence electrons. The minimum absolute atomic E-state index is 0.465. The fraction of sp³-hybridized carbons (Fsp3) is 0.947. The van der Waals surface area contributed by atoms with Gasteiger partial charge in [-0.1, -0.05) is 64.2 Å². The molecule has 0 spiro atoms. The maximum Gasteiger partial charge on any atom is 0.508 e. The summed E-state index contributed by atoms with van der Waals surface area (Å²) in [6.45, 7) is 1.05. The van der Waals surface area contributed by atoms with Crippen molar-refractivity contribution in [3.63, 3.8) is 0 Å². The van der Waals surface area contributed by atoms with Gasteiger partial charge in [0.1, 0.15) is 0 Å². The highest BCUT2D eigenvalue weighted by Gasteiger charge is 2.14. The molecule has 0 amide bonds. The van der Waals surface area contributed by atoms with Gasteiger partial charge in [-0.15, -0.1) is 0 Å². The van der Waals surface area contributed by atoms with Gasteiger partial charge in [0.25, 0.3) is 0 Å². The summed E-state index contributed by atoms with van der Waals surface area (Å²) in [5.74, 6) is 1.73. The zero-order valence-electron chi connectivity index (χ0n) is 14.2. The van der Waals surface area contributed by atoms with Crippen LogP contribution < -0.4 is 0 Å². The Hall–Kier alpha value is -0.730. The molecule has 0 N–H and O–H groups in total. The summed E-state index contributed by atoms with van der Waals surface area (Å²) < 4.78 is 10.3. The van der Waals surface area contributed by atoms with E-state index in [4.69, 9.17) is 9.47 Å². The summed E-state index contributed by atoms with van der Waals surface area (Å²) in [6, 6.07) is 0. The van der Waals surface area contributed by atoms with Gasteiger partial charge in [-0.3, -0.25) is 0 Å². The largest absolute Gasteiger partial charge is 0.508 e. The molecule has 0 radical (unpaired) electrons. The van der Waals surface area contributed by atoms with Crippen LogP contribution in [0.2, 0.25) is 0 Å². The SMILES string of the molecule is O=C(OCCCC1CCCCC1)OCCCC1CCCCC1. The van der Waals surface area contributed by atoms with Crippen LogP contribution in [0.1, 0.15) is 89.9 Å². The van der Waals surface area contributed by atoms with Gasteiger partial charge in [0.15, 0.2) is 0 Å². The van der Waals surface area contributed by atoms with Gasteiger partial charge in [0.05, 0.1) is 13.2 Å². The van der Waals surface area contributed by atoms with Gasteiger partial charge >= 0.3 is 6.16 Å². The van der Waals surface area contributed by atoms with E-state index in [9.17, 15) is 4.79 Å². The minimum atomic E-state index is -0.465. The van der Waals surface area contributed by atoms with Crippen LogP contribution in [0.15, 0.2) is 0 Å². The highest BCUT2D eigenvalue weighted by Crippen LogP contribution is 2.28. The molecule has 2 saturated carbocycles. The van der Waals surface area contributed by atoms with Crippen LogP contribution in [0.25, 0.3) is 0 Å². The third-order valence-corrected chi connectivity index (χ3v) is 5.40. The summed E-state index contributed by atoms with van der Waals surface area (Å²) in [4.78, 5) is 11.5. The Kier molecular flexibility index (Phi) is 8.74. The number of ether oxygens (including phenoxy) is 2. The lowest BCUT2D eigenvalue weighted by molar-refractivity contribution is 0.0507. The van der Waals surface area contributed by atoms with Crippen molar-refractivity contribution in [2.45, 2.75) is 89.9 Å². The highest BCUT2D eigenvalue weighted by molar-refractivity contribution is 5.59. The van der Waals surface area contributed by atoms with E-state index in [-0.39, 0.29) is 0 Å². The first-order valence-corrected chi connectivity index (χ1v) is 9.64. The number of carbonyl (C=O) groups excluding carboxylic acids is 1. The summed E-state index contributed by atoms with van der Waals surface area (Å²) in [5, 5.41) is 0. The molecule has 2 fully saturated rings. The van der Waals surface area contributed by atoms with E-state index >= 15 is 0 Å². The van der Waals surface area contributed by atoms with E-state index in [1.54, 1.807) is 0 Å².